The van der Waals surface area contributed by atoms with Crippen LogP contribution in [-0.2, 0) is 4.74 Å². The zero-order chi connectivity index (χ0) is 13.9. The first-order chi connectivity index (χ1) is 9.03. The van der Waals surface area contributed by atoms with Crippen LogP contribution in [0.3, 0.4) is 0 Å². The number of ether oxygens (including phenoxy) is 1. The molecule has 1 saturated heterocycles. The molecule has 1 aliphatic heterocycles. The molecule has 0 radical (unpaired) electrons. The first-order valence-electron chi connectivity index (χ1n) is 8.02. The molecule has 0 bridgehead atoms. The molecule has 1 heterocycles. The van der Waals surface area contributed by atoms with Crippen molar-refractivity contribution in [2.24, 2.45) is 11.8 Å². The fraction of sp³-hybridized carbons (Fsp3) is 1.00. The summed E-state index contributed by atoms with van der Waals surface area (Å²) in [6, 6.07) is 0.718. The van der Waals surface area contributed by atoms with E-state index in [1.807, 2.05) is 0 Å². The van der Waals surface area contributed by atoms with Gasteiger partial charge in [0.15, 0.2) is 0 Å². The highest BCUT2D eigenvalue weighted by molar-refractivity contribution is 4.94. The fourth-order valence-electron chi connectivity index (χ4n) is 3.82. The van der Waals surface area contributed by atoms with Crippen molar-refractivity contribution >= 4 is 0 Å². The topological polar surface area (TPSA) is 24.5 Å². The van der Waals surface area contributed by atoms with Crippen molar-refractivity contribution in [1.29, 1.82) is 0 Å². The van der Waals surface area contributed by atoms with E-state index >= 15 is 0 Å². The van der Waals surface area contributed by atoms with Crippen LogP contribution in [0.2, 0.25) is 0 Å². The summed E-state index contributed by atoms with van der Waals surface area (Å²) in [7, 11) is 4.44. The third-order valence-corrected chi connectivity index (χ3v) is 5.50. The summed E-state index contributed by atoms with van der Waals surface area (Å²) in [6.45, 7) is 7.76. The van der Waals surface area contributed by atoms with Gasteiger partial charge in [-0.2, -0.15) is 0 Å². The summed E-state index contributed by atoms with van der Waals surface area (Å²) >= 11 is 0. The van der Waals surface area contributed by atoms with Crippen LogP contribution in [-0.4, -0.2) is 50.3 Å². The highest BCUT2D eigenvalue weighted by Crippen LogP contribution is 2.30. The van der Waals surface area contributed by atoms with E-state index in [1.54, 1.807) is 0 Å². The second-order valence-electron chi connectivity index (χ2n) is 7.11. The number of hydrogen-bond donors (Lipinski definition) is 1. The van der Waals surface area contributed by atoms with Gasteiger partial charge in [-0.15, -0.1) is 0 Å². The second-order valence-corrected chi connectivity index (χ2v) is 7.11. The Morgan fingerprint density at radius 2 is 1.84 bits per heavy atom. The number of hydrogen-bond acceptors (Lipinski definition) is 3. The molecule has 0 unspecified atom stereocenters. The Hall–Kier alpha value is -0.120. The SMILES string of the molecule is C[C@@H]1CC[C@H](NCC2(N(C)C)CCOCC2)[C@H](C)C1. The molecule has 0 amide bonds. The van der Waals surface area contributed by atoms with Gasteiger partial charge in [0.2, 0.25) is 0 Å². The van der Waals surface area contributed by atoms with E-state index in [0.29, 0.717) is 5.54 Å². The average Bonchev–Trinajstić information content (AvgIpc) is 2.38. The maximum atomic E-state index is 5.55. The first-order valence-corrected chi connectivity index (χ1v) is 8.02. The molecule has 3 nitrogen and oxygen atoms in total. The van der Waals surface area contributed by atoms with Gasteiger partial charge in [-0.3, -0.25) is 0 Å². The van der Waals surface area contributed by atoms with Crippen LogP contribution in [0.1, 0.15) is 46.0 Å². The van der Waals surface area contributed by atoms with Gasteiger partial charge in [0.05, 0.1) is 0 Å². The number of nitrogens with zero attached hydrogens (tertiary/aromatic N) is 1. The summed E-state index contributed by atoms with van der Waals surface area (Å²) in [6.07, 6.45) is 6.44. The van der Waals surface area contributed by atoms with Gasteiger partial charge in [-0.25, -0.2) is 0 Å². The highest BCUT2D eigenvalue weighted by Gasteiger charge is 2.36. The molecule has 0 aromatic heterocycles. The van der Waals surface area contributed by atoms with Gasteiger partial charge in [0, 0.05) is 31.3 Å². The van der Waals surface area contributed by atoms with Crippen LogP contribution in [0.15, 0.2) is 0 Å². The normalized spacial score (nSPS) is 35.5. The van der Waals surface area contributed by atoms with Crippen molar-refractivity contribution < 1.29 is 4.74 Å². The second kappa shape index (κ2) is 6.55. The predicted molar refractivity (Wildman–Crippen MR) is 80.4 cm³/mol. The lowest BCUT2D eigenvalue weighted by atomic mass is 9.79. The largest absolute Gasteiger partial charge is 0.381 e. The molecule has 112 valence electrons. The van der Waals surface area contributed by atoms with Crippen LogP contribution >= 0.6 is 0 Å². The third kappa shape index (κ3) is 3.71. The van der Waals surface area contributed by atoms with Crippen LogP contribution in [0.4, 0.5) is 0 Å². The van der Waals surface area contributed by atoms with E-state index < -0.39 is 0 Å². The van der Waals surface area contributed by atoms with Crippen molar-refractivity contribution in [2.75, 3.05) is 33.9 Å². The maximum absolute atomic E-state index is 5.55. The lowest BCUT2D eigenvalue weighted by molar-refractivity contribution is -0.00998. The monoisotopic (exact) mass is 268 g/mol. The van der Waals surface area contributed by atoms with E-state index in [2.05, 4.69) is 38.2 Å². The molecule has 2 fully saturated rings. The minimum Gasteiger partial charge on any atom is -0.381 e. The molecule has 2 aliphatic rings. The van der Waals surface area contributed by atoms with Gasteiger partial charge >= 0.3 is 0 Å². The Kier molecular flexibility index (Phi) is 5.27. The summed E-state index contributed by atoms with van der Waals surface area (Å²) in [5.41, 5.74) is 0.307. The molecule has 1 N–H and O–H groups in total. The Bertz CT molecular complexity index is 274. The molecule has 0 spiro atoms. The quantitative estimate of drug-likeness (QED) is 0.848. The number of rotatable bonds is 4. The molecule has 1 saturated carbocycles. The van der Waals surface area contributed by atoms with Crippen LogP contribution in [0.25, 0.3) is 0 Å². The fourth-order valence-corrected chi connectivity index (χ4v) is 3.82. The van der Waals surface area contributed by atoms with E-state index in [9.17, 15) is 0 Å². The van der Waals surface area contributed by atoms with Crippen LogP contribution < -0.4 is 5.32 Å². The summed E-state index contributed by atoms with van der Waals surface area (Å²) in [5.74, 6) is 1.74. The summed E-state index contributed by atoms with van der Waals surface area (Å²) in [5, 5.41) is 3.89. The van der Waals surface area contributed by atoms with Gasteiger partial charge < -0.3 is 15.0 Å². The van der Waals surface area contributed by atoms with E-state index in [-0.39, 0.29) is 0 Å². The smallest absolute Gasteiger partial charge is 0.0484 e. The first kappa shape index (κ1) is 15.3. The predicted octanol–water partition coefficient (Wildman–Crippen LogP) is 2.51. The van der Waals surface area contributed by atoms with E-state index in [1.165, 1.54) is 19.3 Å². The van der Waals surface area contributed by atoms with E-state index in [4.69, 9.17) is 4.74 Å². The maximum Gasteiger partial charge on any atom is 0.0484 e. The van der Waals surface area contributed by atoms with Crippen molar-refractivity contribution in [2.45, 2.75) is 57.5 Å². The number of likely N-dealkylation sites (N-methyl/N-ethyl adjacent to an activating group) is 1. The molecule has 1 aliphatic carbocycles. The Morgan fingerprint density at radius 3 is 2.42 bits per heavy atom. The Labute approximate surface area is 119 Å². The Morgan fingerprint density at radius 1 is 1.16 bits per heavy atom. The summed E-state index contributed by atoms with van der Waals surface area (Å²) < 4.78 is 5.55. The molecule has 3 atom stereocenters. The summed E-state index contributed by atoms with van der Waals surface area (Å²) in [4.78, 5) is 2.42. The molecule has 0 aromatic carbocycles. The van der Waals surface area contributed by atoms with Gasteiger partial charge in [-0.1, -0.05) is 13.8 Å². The molecular weight excluding hydrogens is 236 g/mol. The van der Waals surface area contributed by atoms with Gasteiger partial charge in [-0.05, 0) is 58.0 Å². The zero-order valence-electron chi connectivity index (χ0n) is 13.2. The lowest BCUT2D eigenvalue weighted by Gasteiger charge is -2.45. The highest BCUT2D eigenvalue weighted by atomic mass is 16.5. The molecule has 2 rings (SSSR count). The minimum atomic E-state index is 0.307. The van der Waals surface area contributed by atoms with Crippen LogP contribution in [0.5, 0.6) is 0 Å². The molecule has 0 aromatic rings. The van der Waals surface area contributed by atoms with Gasteiger partial charge in [0.25, 0.3) is 0 Å². The third-order valence-electron chi connectivity index (χ3n) is 5.50. The minimum absolute atomic E-state index is 0.307. The van der Waals surface area contributed by atoms with Crippen molar-refractivity contribution in [3.63, 3.8) is 0 Å². The van der Waals surface area contributed by atoms with Crippen molar-refractivity contribution in [3.05, 3.63) is 0 Å². The molecule has 19 heavy (non-hydrogen) atoms. The molecular formula is C16H32N2O. The van der Waals surface area contributed by atoms with Gasteiger partial charge in [0.1, 0.15) is 0 Å². The average molecular weight is 268 g/mol. The zero-order valence-corrected chi connectivity index (χ0v) is 13.2. The molecule has 3 heteroatoms. The van der Waals surface area contributed by atoms with E-state index in [0.717, 1.165) is 50.5 Å². The number of nitrogens with one attached hydrogen (secondary N) is 1. The van der Waals surface area contributed by atoms with Crippen molar-refractivity contribution in [3.8, 4) is 0 Å². The standard InChI is InChI=1S/C16H32N2O/c1-13-5-6-15(14(2)11-13)17-12-16(18(3)4)7-9-19-10-8-16/h13-15,17H,5-12H2,1-4H3/t13-,14-,15+/m1/s1. The Balaban J connectivity index is 1.88. The van der Waals surface area contributed by atoms with Crippen molar-refractivity contribution in [1.82, 2.24) is 10.2 Å². The van der Waals surface area contributed by atoms with Crippen LogP contribution in [0, 0.1) is 11.8 Å². The lowest BCUT2D eigenvalue weighted by Crippen LogP contribution is -2.57.